The Morgan fingerprint density at radius 3 is 2.50 bits per heavy atom. The molecule has 0 bridgehead atoms. The lowest BCUT2D eigenvalue weighted by atomic mass is 10.1. The highest BCUT2D eigenvalue weighted by atomic mass is 16.5. The Labute approximate surface area is 162 Å². The summed E-state index contributed by atoms with van der Waals surface area (Å²) in [5.74, 6) is 0.108. The van der Waals surface area contributed by atoms with Crippen LogP contribution in [0.2, 0.25) is 0 Å². The molecule has 0 radical (unpaired) electrons. The Morgan fingerprint density at radius 2 is 1.82 bits per heavy atom. The van der Waals surface area contributed by atoms with Gasteiger partial charge in [0.1, 0.15) is 11.9 Å². The van der Waals surface area contributed by atoms with Crippen molar-refractivity contribution in [3.05, 3.63) is 66.4 Å². The molecule has 1 aliphatic heterocycles. The molecule has 3 aromatic rings. The zero-order valence-electron chi connectivity index (χ0n) is 15.4. The van der Waals surface area contributed by atoms with Gasteiger partial charge in [0.25, 0.3) is 5.91 Å². The van der Waals surface area contributed by atoms with Gasteiger partial charge >= 0.3 is 0 Å². The van der Waals surface area contributed by atoms with Crippen molar-refractivity contribution < 1.29 is 14.3 Å². The van der Waals surface area contributed by atoms with Crippen molar-refractivity contribution in [1.29, 1.82) is 0 Å². The second-order valence-corrected chi connectivity index (χ2v) is 6.54. The minimum absolute atomic E-state index is 0.00391. The molecule has 2 aromatic carbocycles. The SMILES string of the molecule is COCc1nn2c(c1-c1ccccc1)NC(=O)C2CC(=O)Nc1ccccc1. The summed E-state index contributed by atoms with van der Waals surface area (Å²) in [5.41, 5.74) is 3.17. The van der Waals surface area contributed by atoms with Gasteiger partial charge in [-0.3, -0.25) is 9.59 Å². The van der Waals surface area contributed by atoms with Gasteiger partial charge in [-0.2, -0.15) is 5.10 Å². The number of ether oxygens (including phenoxy) is 1. The third-order valence-corrected chi connectivity index (χ3v) is 4.60. The molecule has 7 heteroatoms. The fourth-order valence-corrected chi connectivity index (χ4v) is 3.37. The number of hydrogen-bond acceptors (Lipinski definition) is 4. The van der Waals surface area contributed by atoms with E-state index >= 15 is 0 Å². The molecule has 4 rings (SSSR count). The first kappa shape index (κ1) is 17.9. The molecular formula is C21H20N4O3. The Bertz CT molecular complexity index is 999. The zero-order chi connectivity index (χ0) is 19.5. The predicted molar refractivity (Wildman–Crippen MR) is 106 cm³/mol. The lowest BCUT2D eigenvalue weighted by Crippen LogP contribution is -2.24. The van der Waals surface area contributed by atoms with Crippen molar-refractivity contribution in [2.24, 2.45) is 0 Å². The number of hydrogen-bond donors (Lipinski definition) is 2. The van der Waals surface area contributed by atoms with Crippen molar-refractivity contribution in [1.82, 2.24) is 9.78 Å². The van der Waals surface area contributed by atoms with Crippen LogP contribution < -0.4 is 10.6 Å². The molecule has 28 heavy (non-hydrogen) atoms. The summed E-state index contributed by atoms with van der Waals surface area (Å²) in [5, 5.41) is 10.3. The molecule has 1 aromatic heterocycles. The van der Waals surface area contributed by atoms with Crippen LogP contribution in [0, 0.1) is 0 Å². The minimum atomic E-state index is -0.702. The van der Waals surface area contributed by atoms with Crippen LogP contribution in [0.3, 0.4) is 0 Å². The van der Waals surface area contributed by atoms with Crippen LogP contribution in [0.5, 0.6) is 0 Å². The molecule has 2 N–H and O–H groups in total. The highest BCUT2D eigenvalue weighted by Crippen LogP contribution is 2.38. The Kier molecular flexibility index (Phi) is 4.90. The molecule has 7 nitrogen and oxygen atoms in total. The van der Waals surface area contributed by atoms with Crippen LogP contribution in [-0.4, -0.2) is 28.7 Å². The quantitative estimate of drug-likeness (QED) is 0.692. The summed E-state index contributed by atoms with van der Waals surface area (Å²) in [6, 6.07) is 18.2. The second-order valence-electron chi connectivity index (χ2n) is 6.54. The Morgan fingerprint density at radius 1 is 1.14 bits per heavy atom. The summed E-state index contributed by atoms with van der Waals surface area (Å²) < 4.78 is 6.88. The van der Waals surface area contributed by atoms with E-state index in [0.717, 1.165) is 16.8 Å². The Hall–Kier alpha value is -3.45. The van der Waals surface area contributed by atoms with Crippen LogP contribution in [0.25, 0.3) is 11.1 Å². The lowest BCUT2D eigenvalue weighted by molar-refractivity contribution is -0.123. The van der Waals surface area contributed by atoms with Gasteiger partial charge in [-0.05, 0) is 17.7 Å². The van der Waals surface area contributed by atoms with Crippen LogP contribution in [0.15, 0.2) is 60.7 Å². The number of nitrogens with one attached hydrogen (secondary N) is 2. The van der Waals surface area contributed by atoms with Crippen molar-refractivity contribution in [3.8, 4) is 11.1 Å². The van der Waals surface area contributed by atoms with E-state index < -0.39 is 6.04 Å². The van der Waals surface area contributed by atoms with Crippen LogP contribution in [-0.2, 0) is 20.9 Å². The third-order valence-electron chi connectivity index (χ3n) is 4.60. The van der Waals surface area contributed by atoms with Crippen molar-refractivity contribution >= 4 is 23.3 Å². The molecule has 1 unspecified atom stereocenters. The minimum Gasteiger partial charge on any atom is -0.378 e. The van der Waals surface area contributed by atoms with E-state index in [1.165, 1.54) is 0 Å². The number of carbonyl (C=O) groups is 2. The maximum Gasteiger partial charge on any atom is 0.251 e. The predicted octanol–water partition coefficient (Wildman–Crippen LogP) is 3.22. The van der Waals surface area contributed by atoms with E-state index in [4.69, 9.17) is 4.74 Å². The first-order chi connectivity index (χ1) is 13.7. The summed E-state index contributed by atoms with van der Waals surface area (Å²) in [7, 11) is 1.60. The molecule has 0 aliphatic carbocycles. The van der Waals surface area contributed by atoms with Gasteiger partial charge in [0.05, 0.1) is 18.7 Å². The van der Waals surface area contributed by atoms with Gasteiger partial charge in [0.15, 0.2) is 0 Å². The maximum absolute atomic E-state index is 12.5. The first-order valence-corrected chi connectivity index (χ1v) is 8.99. The largest absolute Gasteiger partial charge is 0.378 e. The molecule has 0 saturated heterocycles. The summed E-state index contributed by atoms with van der Waals surface area (Å²) in [6.45, 7) is 0.309. The van der Waals surface area contributed by atoms with E-state index in [-0.39, 0.29) is 18.2 Å². The average molecular weight is 376 g/mol. The third kappa shape index (κ3) is 3.39. The van der Waals surface area contributed by atoms with E-state index in [2.05, 4.69) is 15.7 Å². The smallest absolute Gasteiger partial charge is 0.251 e. The molecule has 2 amide bonds. The molecule has 1 atom stereocenters. The Balaban J connectivity index is 1.63. The number of benzene rings is 2. The van der Waals surface area contributed by atoms with E-state index in [1.54, 1.807) is 23.9 Å². The molecule has 2 heterocycles. The summed E-state index contributed by atoms with van der Waals surface area (Å²) >= 11 is 0. The fourth-order valence-electron chi connectivity index (χ4n) is 3.37. The monoisotopic (exact) mass is 376 g/mol. The van der Waals surface area contributed by atoms with Gasteiger partial charge in [-0.25, -0.2) is 4.68 Å². The van der Waals surface area contributed by atoms with Gasteiger partial charge < -0.3 is 15.4 Å². The molecule has 0 fully saturated rings. The number of anilines is 2. The zero-order valence-corrected chi connectivity index (χ0v) is 15.4. The van der Waals surface area contributed by atoms with Crippen LogP contribution in [0.4, 0.5) is 11.5 Å². The normalized spacial score (nSPS) is 15.2. The standard InChI is InChI=1S/C21H20N4O3/c1-28-13-16-19(14-8-4-2-5-9-14)20-23-21(27)17(25(20)24-16)12-18(26)22-15-10-6-3-7-11-15/h2-11,17H,12-13H2,1H3,(H,22,26)(H,23,27). The number of amides is 2. The van der Waals surface area contributed by atoms with Crippen molar-refractivity contribution in [2.75, 3.05) is 17.7 Å². The number of para-hydroxylation sites is 1. The molecule has 142 valence electrons. The topological polar surface area (TPSA) is 85.2 Å². The highest BCUT2D eigenvalue weighted by Gasteiger charge is 2.37. The summed E-state index contributed by atoms with van der Waals surface area (Å²) in [4.78, 5) is 25.0. The van der Waals surface area contributed by atoms with Gasteiger partial charge in [0, 0.05) is 18.4 Å². The second kappa shape index (κ2) is 7.66. The molecule has 0 saturated carbocycles. The number of methoxy groups -OCH3 is 1. The summed E-state index contributed by atoms with van der Waals surface area (Å²) in [6.07, 6.45) is -0.00391. The van der Waals surface area contributed by atoms with Crippen LogP contribution >= 0.6 is 0 Å². The lowest BCUT2D eigenvalue weighted by Gasteiger charge is -2.10. The maximum atomic E-state index is 12.5. The first-order valence-electron chi connectivity index (χ1n) is 8.99. The van der Waals surface area contributed by atoms with Gasteiger partial charge in [-0.1, -0.05) is 48.5 Å². The number of aromatic nitrogens is 2. The average Bonchev–Trinajstić information content (AvgIpc) is 3.19. The highest BCUT2D eigenvalue weighted by molar-refractivity contribution is 6.04. The number of rotatable bonds is 6. The van der Waals surface area contributed by atoms with Gasteiger partial charge in [-0.15, -0.1) is 0 Å². The fraction of sp³-hybridized carbons (Fsp3) is 0.190. The number of nitrogens with zero attached hydrogens (tertiary/aromatic N) is 2. The van der Waals surface area contributed by atoms with E-state index in [1.807, 2.05) is 48.5 Å². The number of carbonyl (C=O) groups excluding carboxylic acids is 2. The molecule has 1 aliphatic rings. The van der Waals surface area contributed by atoms with E-state index in [9.17, 15) is 9.59 Å². The van der Waals surface area contributed by atoms with Crippen LogP contribution in [0.1, 0.15) is 18.2 Å². The van der Waals surface area contributed by atoms with E-state index in [0.29, 0.717) is 18.1 Å². The van der Waals surface area contributed by atoms with Crippen molar-refractivity contribution in [3.63, 3.8) is 0 Å². The molecular weight excluding hydrogens is 356 g/mol. The van der Waals surface area contributed by atoms with Crippen molar-refractivity contribution in [2.45, 2.75) is 19.1 Å². The molecule has 0 spiro atoms. The van der Waals surface area contributed by atoms with Gasteiger partial charge in [0.2, 0.25) is 5.91 Å². The number of fused-ring (bicyclic) bond motifs is 1.